The van der Waals surface area contributed by atoms with Gasteiger partial charge in [0, 0.05) is 19.6 Å². The summed E-state index contributed by atoms with van der Waals surface area (Å²) in [5.41, 5.74) is 0.411. The van der Waals surface area contributed by atoms with Gasteiger partial charge in [-0.05, 0) is 42.9 Å². The summed E-state index contributed by atoms with van der Waals surface area (Å²) in [5, 5.41) is 12.6. The normalized spacial score (nSPS) is 24.4. The van der Waals surface area contributed by atoms with Crippen LogP contribution >= 0.6 is 0 Å². The Balaban J connectivity index is 1.46. The molecule has 1 aromatic rings. The fourth-order valence-corrected chi connectivity index (χ4v) is 4.50. The van der Waals surface area contributed by atoms with Crippen LogP contribution in [0.2, 0.25) is 0 Å². The van der Waals surface area contributed by atoms with Crippen molar-refractivity contribution in [2.75, 3.05) is 40.4 Å². The van der Waals surface area contributed by atoms with E-state index in [1.807, 2.05) is 23.1 Å². The molecule has 2 atom stereocenters. The molecule has 1 aliphatic heterocycles. The zero-order valence-electron chi connectivity index (χ0n) is 16.0. The van der Waals surface area contributed by atoms with Gasteiger partial charge in [0.2, 0.25) is 5.91 Å². The predicted molar refractivity (Wildman–Crippen MR) is 100 cm³/mol. The maximum absolute atomic E-state index is 12.3. The quantitative estimate of drug-likeness (QED) is 0.716. The van der Waals surface area contributed by atoms with Gasteiger partial charge < -0.3 is 19.9 Å². The number of nitrogens with one attached hydrogen (secondary N) is 1. The number of carbonyl (C=O) groups excluding carboxylic acids is 1. The standard InChI is InChI=1S/C20H28N2O5/c1-26-16-6-5-14(10-17(16)27-2)7-9-21-18(23)12-22-11-15-4-3-8-20(15,13-22)19(24)25/h5-6,10,15H,3-4,7-9,11-13H2,1-2H3,(H,21,23)(H,24,25)/t15-,20+/m0/s1. The lowest BCUT2D eigenvalue weighted by molar-refractivity contribution is -0.149. The maximum Gasteiger partial charge on any atom is 0.311 e. The number of carboxylic acid groups (broad SMARTS) is 1. The van der Waals surface area contributed by atoms with E-state index in [1.54, 1.807) is 14.2 Å². The highest BCUT2D eigenvalue weighted by molar-refractivity contribution is 5.79. The number of benzene rings is 1. The molecular formula is C20H28N2O5. The van der Waals surface area contributed by atoms with Crippen LogP contribution in [-0.2, 0) is 16.0 Å². The molecule has 7 nitrogen and oxygen atoms in total. The molecule has 0 aromatic heterocycles. The van der Waals surface area contributed by atoms with Crippen LogP contribution in [0.5, 0.6) is 11.5 Å². The summed E-state index contributed by atoms with van der Waals surface area (Å²) in [4.78, 5) is 26.0. The number of nitrogens with zero attached hydrogens (tertiary/aromatic N) is 1. The van der Waals surface area contributed by atoms with Gasteiger partial charge >= 0.3 is 5.97 Å². The monoisotopic (exact) mass is 376 g/mol. The minimum absolute atomic E-state index is 0.0593. The molecule has 2 fully saturated rings. The number of likely N-dealkylation sites (tertiary alicyclic amines) is 1. The van der Waals surface area contributed by atoms with Gasteiger partial charge in [-0.3, -0.25) is 14.5 Å². The number of aliphatic carboxylic acids is 1. The number of fused-ring (bicyclic) bond motifs is 1. The van der Waals surface area contributed by atoms with Crippen molar-refractivity contribution in [1.29, 1.82) is 0 Å². The van der Waals surface area contributed by atoms with Gasteiger partial charge in [-0.2, -0.15) is 0 Å². The SMILES string of the molecule is COc1ccc(CCNC(=O)CN2C[C@@H]3CCC[C@@]3(C(=O)O)C2)cc1OC. The van der Waals surface area contributed by atoms with Gasteiger partial charge in [0.25, 0.3) is 0 Å². The van der Waals surface area contributed by atoms with Crippen LogP contribution in [-0.4, -0.2) is 62.3 Å². The molecule has 2 aliphatic rings. The number of ether oxygens (including phenoxy) is 2. The van der Waals surface area contributed by atoms with Gasteiger partial charge in [-0.15, -0.1) is 0 Å². The first-order chi connectivity index (χ1) is 13.0. The Morgan fingerprint density at radius 1 is 1.30 bits per heavy atom. The van der Waals surface area contributed by atoms with E-state index in [-0.39, 0.29) is 18.4 Å². The highest BCUT2D eigenvalue weighted by Crippen LogP contribution is 2.48. The number of carboxylic acids is 1. The Morgan fingerprint density at radius 2 is 2.07 bits per heavy atom. The second-order valence-electron chi connectivity index (χ2n) is 7.51. The Kier molecular flexibility index (Phi) is 5.89. The first kappa shape index (κ1) is 19.5. The van der Waals surface area contributed by atoms with Gasteiger partial charge in [-0.1, -0.05) is 12.5 Å². The van der Waals surface area contributed by atoms with Gasteiger partial charge in [-0.25, -0.2) is 0 Å². The molecule has 0 spiro atoms. The predicted octanol–water partition coefficient (Wildman–Crippen LogP) is 1.55. The van der Waals surface area contributed by atoms with Crippen molar-refractivity contribution in [1.82, 2.24) is 10.2 Å². The van der Waals surface area contributed by atoms with Crippen LogP contribution in [0.3, 0.4) is 0 Å². The number of carbonyl (C=O) groups is 2. The maximum atomic E-state index is 12.3. The smallest absolute Gasteiger partial charge is 0.311 e. The number of hydrogen-bond acceptors (Lipinski definition) is 5. The summed E-state index contributed by atoms with van der Waals surface area (Å²) < 4.78 is 10.5. The van der Waals surface area contributed by atoms with E-state index >= 15 is 0 Å². The highest BCUT2D eigenvalue weighted by atomic mass is 16.5. The highest BCUT2D eigenvalue weighted by Gasteiger charge is 2.54. The molecular weight excluding hydrogens is 348 g/mol. The minimum Gasteiger partial charge on any atom is -0.493 e. The molecule has 0 bridgehead atoms. The van der Waals surface area contributed by atoms with E-state index in [2.05, 4.69) is 5.32 Å². The third-order valence-corrected chi connectivity index (χ3v) is 5.92. The van der Waals surface area contributed by atoms with E-state index < -0.39 is 11.4 Å². The van der Waals surface area contributed by atoms with Crippen LogP contribution < -0.4 is 14.8 Å². The van der Waals surface area contributed by atoms with Gasteiger partial charge in [0.1, 0.15) is 0 Å². The second kappa shape index (κ2) is 8.17. The second-order valence-corrected chi connectivity index (χ2v) is 7.51. The van der Waals surface area contributed by atoms with Gasteiger partial charge in [0.15, 0.2) is 11.5 Å². The van der Waals surface area contributed by atoms with Crippen molar-refractivity contribution in [3.05, 3.63) is 23.8 Å². The Bertz CT molecular complexity index is 708. The molecule has 27 heavy (non-hydrogen) atoms. The molecule has 2 N–H and O–H groups in total. The number of hydrogen-bond donors (Lipinski definition) is 2. The molecule has 0 radical (unpaired) electrons. The fourth-order valence-electron chi connectivity index (χ4n) is 4.50. The molecule has 1 aromatic carbocycles. The topological polar surface area (TPSA) is 88.1 Å². The molecule has 148 valence electrons. The molecule has 7 heteroatoms. The molecule has 0 unspecified atom stereocenters. The van der Waals surface area contributed by atoms with E-state index in [1.165, 1.54) is 0 Å². The molecule has 3 rings (SSSR count). The first-order valence-corrected chi connectivity index (χ1v) is 9.42. The lowest BCUT2D eigenvalue weighted by Crippen LogP contribution is -2.39. The van der Waals surface area contributed by atoms with Crippen LogP contribution in [0.15, 0.2) is 18.2 Å². The summed E-state index contributed by atoms with van der Waals surface area (Å²) >= 11 is 0. The largest absolute Gasteiger partial charge is 0.493 e. The van der Waals surface area contributed by atoms with Crippen LogP contribution in [0.25, 0.3) is 0 Å². The van der Waals surface area contributed by atoms with Gasteiger partial charge in [0.05, 0.1) is 26.2 Å². The summed E-state index contributed by atoms with van der Waals surface area (Å²) in [5.74, 6) is 0.757. The summed E-state index contributed by atoms with van der Waals surface area (Å²) in [6.45, 7) is 1.97. The fraction of sp³-hybridized carbons (Fsp3) is 0.600. The Labute approximate surface area is 159 Å². The first-order valence-electron chi connectivity index (χ1n) is 9.42. The summed E-state index contributed by atoms with van der Waals surface area (Å²) in [6.07, 6.45) is 3.34. The average molecular weight is 376 g/mol. The molecule has 1 amide bonds. The van der Waals surface area contributed by atoms with Crippen molar-refractivity contribution in [3.63, 3.8) is 0 Å². The zero-order valence-corrected chi connectivity index (χ0v) is 16.0. The number of amides is 1. The molecule has 1 aliphatic carbocycles. The van der Waals surface area contributed by atoms with Crippen molar-refractivity contribution in [3.8, 4) is 11.5 Å². The van der Waals surface area contributed by atoms with Crippen molar-refractivity contribution in [2.45, 2.75) is 25.7 Å². The van der Waals surface area contributed by atoms with E-state index in [0.717, 1.165) is 24.8 Å². The van der Waals surface area contributed by atoms with Crippen molar-refractivity contribution >= 4 is 11.9 Å². The van der Waals surface area contributed by atoms with Crippen LogP contribution in [0.1, 0.15) is 24.8 Å². The lowest BCUT2D eigenvalue weighted by atomic mass is 9.81. The van der Waals surface area contributed by atoms with Crippen molar-refractivity contribution in [2.24, 2.45) is 11.3 Å². The lowest BCUT2D eigenvalue weighted by Gasteiger charge is -2.23. The van der Waals surface area contributed by atoms with Crippen LogP contribution in [0.4, 0.5) is 0 Å². The molecule has 1 saturated heterocycles. The Hall–Kier alpha value is -2.28. The summed E-state index contributed by atoms with van der Waals surface area (Å²) in [7, 11) is 3.19. The van der Waals surface area contributed by atoms with Crippen molar-refractivity contribution < 1.29 is 24.2 Å². The van der Waals surface area contributed by atoms with E-state index in [9.17, 15) is 14.7 Å². The third kappa shape index (κ3) is 4.03. The Morgan fingerprint density at radius 3 is 2.74 bits per heavy atom. The minimum atomic E-state index is -0.707. The average Bonchev–Trinajstić information content (AvgIpc) is 3.19. The number of methoxy groups -OCH3 is 2. The zero-order chi connectivity index (χ0) is 19.4. The molecule has 1 heterocycles. The van der Waals surface area contributed by atoms with E-state index in [4.69, 9.17) is 9.47 Å². The molecule has 1 saturated carbocycles. The third-order valence-electron chi connectivity index (χ3n) is 5.92. The van der Waals surface area contributed by atoms with Crippen LogP contribution in [0, 0.1) is 11.3 Å². The number of rotatable bonds is 8. The summed E-state index contributed by atoms with van der Waals surface area (Å²) in [6, 6.07) is 5.71. The van der Waals surface area contributed by atoms with E-state index in [0.29, 0.717) is 37.6 Å².